The van der Waals surface area contributed by atoms with E-state index in [1.54, 1.807) is 11.3 Å². The molecule has 1 aliphatic rings. The van der Waals surface area contributed by atoms with Gasteiger partial charge in [0.2, 0.25) is 0 Å². The minimum Gasteiger partial charge on any atom is -0.388 e. The predicted octanol–water partition coefficient (Wildman–Crippen LogP) is 2.01. The molecule has 0 bridgehead atoms. The lowest BCUT2D eigenvalue weighted by Crippen LogP contribution is -2.34. The molecular weight excluding hydrogens is 226 g/mol. The van der Waals surface area contributed by atoms with Crippen molar-refractivity contribution < 1.29 is 0 Å². The third-order valence-electron chi connectivity index (χ3n) is 2.67. The summed E-state index contributed by atoms with van der Waals surface area (Å²) >= 11 is 6.54. The Balaban J connectivity index is 2.11. The lowest BCUT2D eigenvalue weighted by Gasteiger charge is -2.30. The van der Waals surface area contributed by atoms with Crippen molar-refractivity contribution in [1.82, 2.24) is 4.98 Å². The first-order valence-electron chi connectivity index (χ1n) is 5.17. The van der Waals surface area contributed by atoms with Gasteiger partial charge in [-0.15, -0.1) is 11.3 Å². The topological polar surface area (TPSA) is 42.2 Å². The van der Waals surface area contributed by atoms with E-state index in [4.69, 9.17) is 18.0 Å². The van der Waals surface area contributed by atoms with Gasteiger partial charge in [-0.3, -0.25) is 0 Å². The van der Waals surface area contributed by atoms with Crippen molar-refractivity contribution in [2.45, 2.75) is 19.8 Å². The van der Waals surface area contributed by atoms with Crippen molar-refractivity contribution in [1.29, 1.82) is 0 Å². The highest BCUT2D eigenvalue weighted by Gasteiger charge is 2.19. The highest BCUT2D eigenvalue weighted by Crippen LogP contribution is 2.25. The first-order valence-corrected chi connectivity index (χ1v) is 6.46. The monoisotopic (exact) mass is 241 g/mol. The van der Waals surface area contributed by atoms with Crippen LogP contribution in [0.2, 0.25) is 0 Å². The molecule has 0 aliphatic carbocycles. The lowest BCUT2D eigenvalue weighted by atomic mass is 10.0. The number of thiocarbonyl (C=S) groups is 1. The molecule has 2 rings (SSSR count). The van der Waals surface area contributed by atoms with Crippen LogP contribution in [0.1, 0.15) is 25.5 Å². The quantitative estimate of drug-likeness (QED) is 0.804. The molecular formula is C10H15N3S2. The number of hydrogen-bond acceptors (Lipinski definition) is 4. The van der Waals surface area contributed by atoms with Gasteiger partial charge in [-0.05, 0) is 18.8 Å². The third-order valence-corrected chi connectivity index (χ3v) is 3.78. The molecule has 3 nitrogen and oxygen atoms in total. The van der Waals surface area contributed by atoms with E-state index in [0.717, 1.165) is 29.8 Å². The van der Waals surface area contributed by atoms with E-state index in [-0.39, 0.29) is 0 Å². The fourth-order valence-corrected chi connectivity index (χ4v) is 2.93. The number of thiazole rings is 1. The molecule has 2 N–H and O–H groups in total. The first kappa shape index (κ1) is 10.8. The molecule has 1 saturated heterocycles. The molecule has 82 valence electrons. The average Bonchev–Trinajstić information content (AvgIpc) is 2.66. The van der Waals surface area contributed by atoms with Gasteiger partial charge in [0.05, 0.1) is 0 Å². The van der Waals surface area contributed by atoms with E-state index >= 15 is 0 Å². The average molecular weight is 241 g/mol. The van der Waals surface area contributed by atoms with E-state index in [1.165, 1.54) is 12.8 Å². The Morgan fingerprint density at radius 2 is 2.53 bits per heavy atom. The number of piperidine rings is 1. The molecule has 0 aromatic carbocycles. The summed E-state index contributed by atoms with van der Waals surface area (Å²) < 4.78 is 0. The highest BCUT2D eigenvalue weighted by atomic mass is 32.1. The summed E-state index contributed by atoms with van der Waals surface area (Å²) in [6.45, 7) is 4.49. The molecule has 15 heavy (non-hydrogen) atoms. The Morgan fingerprint density at radius 1 is 1.73 bits per heavy atom. The number of aromatic nitrogens is 1. The Labute approximate surface area is 99.3 Å². The van der Waals surface area contributed by atoms with Crippen LogP contribution >= 0.6 is 23.6 Å². The number of rotatable bonds is 2. The van der Waals surface area contributed by atoms with E-state index in [2.05, 4.69) is 16.8 Å². The van der Waals surface area contributed by atoms with Crippen LogP contribution in [0.3, 0.4) is 0 Å². The van der Waals surface area contributed by atoms with Crippen molar-refractivity contribution >= 4 is 33.7 Å². The van der Waals surface area contributed by atoms with Crippen LogP contribution in [-0.4, -0.2) is 23.1 Å². The molecule has 2 heterocycles. The predicted molar refractivity (Wildman–Crippen MR) is 68.6 cm³/mol. The number of hydrogen-bond donors (Lipinski definition) is 1. The minimum atomic E-state index is 0.391. The van der Waals surface area contributed by atoms with Crippen LogP contribution in [0.4, 0.5) is 5.13 Å². The van der Waals surface area contributed by atoms with Gasteiger partial charge in [0.1, 0.15) is 10.7 Å². The Kier molecular flexibility index (Phi) is 3.21. The van der Waals surface area contributed by atoms with Gasteiger partial charge in [-0.2, -0.15) is 0 Å². The van der Waals surface area contributed by atoms with Crippen molar-refractivity contribution in [3.05, 3.63) is 11.1 Å². The Morgan fingerprint density at radius 3 is 3.13 bits per heavy atom. The van der Waals surface area contributed by atoms with Crippen LogP contribution in [0.5, 0.6) is 0 Å². The van der Waals surface area contributed by atoms with Gasteiger partial charge in [0.25, 0.3) is 0 Å². The molecule has 1 aromatic heterocycles. The standard InChI is InChI=1S/C10H15N3S2/c1-7-3-2-4-13(5-7)10-12-8(6-15-10)9(11)14/h6-7H,2-5H2,1H3,(H2,11,14). The molecule has 0 spiro atoms. The largest absolute Gasteiger partial charge is 0.388 e. The molecule has 1 aliphatic heterocycles. The van der Waals surface area contributed by atoms with Crippen LogP contribution in [-0.2, 0) is 0 Å². The summed E-state index contributed by atoms with van der Waals surface area (Å²) in [5.74, 6) is 0.760. The van der Waals surface area contributed by atoms with Crippen molar-refractivity contribution in [2.24, 2.45) is 11.7 Å². The number of nitrogens with zero attached hydrogens (tertiary/aromatic N) is 2. The first-order chi connectivity index (χ1) is 7.16. The van der Waals surface area contributed by atoms with E-state index < -0.39 is 0 Å². The van der Waals surface area contributed by atoms with E-state index in [0.29, 0.717) is 4.99 Å². The summed E-state index contributed by atoms with van der Waals surface area (Å²) in [7, 11) is 0. The zero-order chi connectivity index (χ0) is 10.8. The normalized spacial score (nSPS) is 21.7. The van der Waals surface area contributed by atoms with Crippen molar-refractivity contribution in [2.75, 3.05) is 18.0 Å². The van der Waals surface area contributed by atoms with E-state index in [9.17, 15) is 0 Å². The van der Waals surface area contributed by atoms with Gasteiger partial charge < -0.3 is 10.6 Å². The molecule has 5 heteroatoms. The summed E-state index contributed by atoms with van der Waals surface area (Å²) in [4.78, 5) is 7.17. The second kappa shape index (κ2) is 4.45. The summed E-state index contributed by atoms with van der Waals surface area (Å²) in [5.41, 5.74) is 6.29. The minimum absolute atomic E-state index is 0.391. The highest BCUT2D eigenvalue weighted by molar-refractivity contribution is 7.80. The molecule has 1 fully saturated rings. The maximum absolute atomic E-state index is 5.54. The Hall–Kier alpha value is -0.680. The van der Waals surface area contributed by atoms with Crippen molar-refractivity contribution in [3.8, 4) is 0 Å². The SMILES string of the molecule is CC1CCCN(c2nc(C(N)=S)cs2)C1. The molecule has 0 saturated carbocycles. The molecule has 0 radical (unpaired) electrons. The maximum atomic E-state index is 5.54. The van der Waals surface area contributed by atoms with Crippen LogP contribution in [0, 0.1) is 5.92 Å². The second-order valence-electron chi connectivity index (χ2n) is 4.07. The van der Waals surface area contributed by atoms with Crippen LogP contribution in [0.25, 0.3) is 0 Å². The van der Waals surface area contributed by atoms with Gasteiger partial charge in [0.15, 0.2) is 5.13 Å². The van der Waals surface area contributed by atoms with Gasteiger partial charge in [0, 0.05) is 18.5 Å². The van der Waals surface area contributed by atoms with Crippen LogP contribution in [0.15, 0.2) is 5.38 Å². The fourth-order valence-electron chi connectivity index (χ4n) is 1.89. The van der Waals surface area contributed by atoms with Crippen molar-refractivity contribution in [3.63, 3.8) is 0 Å². The fraction of sp³-hybridized carbons (Fsp3) is 0.600. The summed E-state index contributed by atoms with van der Waals surface area (Å²) in [5, 5.41) is 3.00. The molecule has 1 aromatic rings. The smallest absolute Gasteiger partial charge is 0.185 e. The molecule has 1 unspecified atom stereocenters. The van der Waals surface area contributed by atoms with Gasteiger partial charge in [-0.25, -0.2) is 4.98 Å². The van der Waals surface area contributed by atoms with Gasteiger partial charge >= 0.3 is 0 Å². The van der Waals surface area contributed by atoms with E-state index in [1.807, 2.05) is 5.38 Å². The molecule has 0 amide bonds. The third kappa shape index (κ3) is 2.46. The summed E-state index contributed by atoms with van der Waals surface area (Å²) in [6, 6.07) is 0. The zero-order valence-corrected chi connectivity index (χ0v) is 10.4. The van der Waals surface area contributed by atoms with Gasteiger partial charge in [-0.1, -0.05) is 19.1 Å². The molecule has 1 atom stereocenters. The second-order valence-corrected chi connectivity index (χ2v) is 5.35. The summed E-state index contributed by atoms with van der Waals surface area (Å²) in [6.07, 6.45) is 2.58. The number of nitrogens with two attached hydrogens (primary N) is 1. The number of anilines is 1. The zero-order valence-electron chi connectivity index (χ0n) is 8.77. The Bertz CT molecular complexity index is 361. The lowest BCUT2D eigenvalue weighted by molar-refractivity contribution is 0.446. The van der Waals surface area contributed by atoms with Crippen LogP contribution < -0.4 is 10.6 Å². The maximum Gasteiger partial charge on any atom is 0.185 e.